The van der Waals surface area contributed by atoms with Crippen LogP contribution in [0.3, 0.4) is 0 Å². The molecule has 2 aliphatic rings. The lowest BCUT2D eigenvalue weighted by atomic mass is 10.1. The maximum absolute atomic E-state index is 2.43. The van der Waals surface area contributed by atoms with Gasteiger partial charge >= 0.3 is 0 Å². The zero-order chi connectivity index (χ0) is 9.53. The summed E-state index contributed by atoms with van der Waals surface area (Å²) < 4.78 is 1.30. The third kappa shape index (κ3) is 1.80. The minimum Gasteiger partial charge on any atom is -0.322 e. The molecule has 13 heavy (non-hydrogen) atoms. The van der Waals surface area contributed by atoms with E-state index in [0.29, 0.717) is 0 Å². The van der Waals surface area contributed by atoms with Crippen LogP contribution >= 0.6 is 0 Å². The van der Waals surface area contributed by atoms with Crippen LogP contribution in [0, 0.1) is 5.41 Å². The minimum absolute atomic E-state index is 0.808. The number of rotatable bonds is 2. The maximum atomic E-state index is 2.43. The Morgan fingerprint density at radius 2 is 2.08 bits per heavy atom. The van der Waals surface area contributed by atoms with Crippen molar-refractivity contribution in [2.75, 3.05) is 26.7 Å². The van der Waals surface area contributed by atoms with Crippen molar-refractivity contribution in [3.05, 3.63) is 11.6 Å². The summed E-state index contributed by atoms with van der Waals surface area (Å²) in [7, 11) is 2.43. The van der Waals surface area contributed by atoms with Crippen LogP contribution in [0.4, 0.5) is 0 Å². The summed E-state index contributed by atoms with van der Waals surface area (Å²) in [6.45, 7) is 8.55. The lowest BCUT2D eigenvalue weighted by Crippen LogP contribution is -2.43. The second-order valence-electron chi connectivity index (χ2n) is 5.54. The van der Waals surface area contributed by atoms with Crippen molar-refractivity contribution >= 4 is 0 Å². The van der Waals surface area contributed by atoms with Crippen LogP contribution in [-0.2, 0) is 0 Å². The standard InChI is InChI=1S/C12H22N/c1-4-11(2)9-13(3)8-7-12(10-13)5-6-12/h4H,5-10H2,1-3H3/q+1/b11-4+. The van der Waals surface area contributed by atoms with E-state index in [4.69, 9.17) is 0 Å². The summed E-state index contributed by atoms with van der Waals surface area (Å²) >= 11 is 0. The molecular formula is C12H22N+. The molecule has 1 nitrogen and oxygen atoms in total. The predicted octanol–water partition coefficient (Wildman–Crippen LogP) is 2.58. The first-order valence-electron chi connectivity index (χ1n) is 5.53. The number of hydrogen-bond donors (Lipinski definition) is 0. The van der Waals surface area contributed by atoms with Gasteiger partial charge in [-0.3, -0.25) is 0 Å². The fourth-order valence-corrected chi connectivity index (χ4v) is 2.89. The smallest absolute Gasteiger partial charge is 0.0998 e. The van der Waals surface area contributed by atoms with Crippen LogP contribution in [-0.4, -0.2) is 31.2 Å². The van der Waals surface area contributed by atoms with Gasteiger partial charge in [0.15, 0.2) is 0 Å². The van der Waals surface area contributed by atoms with Crippen LogP contribution in [0.5, 0.6) is 0 Å². The van der Waals surface area contributed by atoms with Gasteiger partial charge in [0.25, 0.3) is 0 Å². The zero-order valence-electron chi connectivity index (χ0n) is 9.27. The van der Waals surface area contributed by atoms with Gasteiger partial charge in [-0.2, -0.15) is 0 Å². The molecule has 2 fully saturated rings. The third-order valence-electron chi connectivity index (χ3n) is 3.98. The molecule has 0 amide bonds. The quantitative estimate of drug-likeness (QED) is 0.452. The van der Waals surface area contributed by atoms with Gasteiger partial charge < -0.3 is 4.48 Å². The fourth-order valence-electron chi connectivity index (χ4n) is 2.89. The number of hydrogen-bond acceptors (Lipinski definition) is 0. The Morgan fingerprint density at radius 1 is 1.38 bits per heavy atom. The molecule has 0 aromatic heterocycles. The Balaban J connectivity index is 1.98. The van der Waals surface area contributed by atoms with Crippen LogP contribution in [0.15, 0.2) is 11.6 Å². The molecule has 1 saturated heterocycles. The molecule has 1 saturated carbocycles. The lowest BCUT2D eigenvalue weighted by Gasteiger charge is -2.30. The Kier molecular flexibility index (Phi) is 2.03. The number of allylic oxidation sites excluding steroid dienone is 1. The van der Waals surface area contributed by atoms with E-state index in [9.17, 15) is 0 Å². The Bertz CT molecular complexity index is 238. The Hall–Kier alpha value is -0.300. The molecule has 0 bridgehead atoms. The van der Waals surface area contributed by atoms with Gasteiger partial charge in [0.05, 0.1) is 26.7 Å². The molecular weight excluding hydrogens is 158 g/mol. The summed E-state index contributed by atoms with van der Waals surface area (Å²) in [6, 6.07) is 0. The molecule has 1 heteroatoms. The van der Waals surface area contributed by atoms with Gasteiger partial charge in [0.1, 0.15) is 0 Å². The van der Waals surface area contributed by atoms with Gasteiger partial charge in [-0.05, 0) is 32.3 Å². The first kappa shape index (κ1) is 9.26. The van der Waals surface area contributed by atoms with Crippen molar-refractivity contribution in [3.8, 4) is 0 Å². The van der Waals surface area contributed by atoms with Gasteiger partial charge in [-0.1, -0.05) is 6.08 Å². The predicted molar refractivity (Wildman–Crippen MR) is 56.5 cm³/mol. The molecule has 1 spiro atoms. The van der Waals surface area contributed by atoms with E-state index >= 15 is 0 Å². The van der Waals surface area contributed by atoms with E-state index in [0.717, 1.165) is 5.41 Å². The van der Waals surface area contributed by atoms with Gasteiger partial charge in [-0.25, -0.2) is 0 Å². The molecule has 0 radical (unpaired) electrons. The van der Waals surface area contributed by atoms with E-state index in [1.807, 2.05) is 0 Å². The molecule has 1 aliphatic heterocycles. The molecule has 1 heterocycles. The molecule has 1 unspecified atom stereocenters. The van der Waals surface area contributed by atoms with Crippen molar-refractivity contribution in [3.63, 3.8) is 0 Å². The molecule has 0 N–H and O–H groups in total. The Morgan fingerprint density at radius 3 is 2.54 bits per heavy atom. The van der Waals surface area contributed by atoms with Crippen molar-refractivity contribution < 1.29 is 4.48 Å². The van der Waals surface area contributed by atoms with E-state index in [-0.39, 0.29) is 0 Å². The summed E-state index contributed by atoms with van der Waals surface area (Å²) in [6.07, 6.45) is 6.77. The number of likely N-dealkylation sites (N-methyl/N-ethyl adjacent to an activating group) is 1. The molecule has 2 rings (SSSR count). The van der Waals surface area contributed by atoms with E-state index in [1.165, 1.54) is 43.4 Å². The van der Waals surface area contributed by atoms with E-state index < -0.39 is 0 Å². The second-order valence-corrected chi connectivity index (χ2v) is 5.54. The van der Waals surface area contributed by atoms with Crippen LogP contribution < -0.4 is 0 Å². The normalized spacial score (nSPS) is 37.0. The summed E-state index contributed by atoms with van der Waals surface area (Å²) in [4.78, 5) is 0. The molecule has 1 atom stereocenters. The van der Waals surface area contributed by atoms with Crippen LogP contribution in [0.2, 0.25) is 0 Å². The van der Waals surface area contributed by atoms with E-state index in [2.05, 4.69) is 27.0 Å². The van der Waals surface area contributed by atoms with Crippen molar-refractivity contribution in [2.45, 2.75) is 33.1 Å². The van der Waals surface area contributed by atoms with Gasteiger partial charge in [-0.15, -0.1) is 0 Å². The average molecular weight is 180 g/mol. The summed E-state index contributed by atoms with van der Waals surface area (Å²) in [5.74, 6) is 0. The second kappa shape index (κ2) is 2.84. The maximum Gasteiger partial charge on any atom is 0.0998 e. The van der Waals surface area contributed by atoms with Crippen molar-refractivity contribution in [2.24, 2.45) is 5.41 Å². The SMILES string of the molecule is C/C=C(\C)C[N+]1(C)CCC2(CC2)C1. The summed E-state index contributed by atoms with van der Waals surface area (Å²) in [5.41, 5.74) is 2.36. The van der Waals surface area contributed by atoms with Crippen molar-refractivity contribution in [1.29, 1.82) is 0 Å². The lowest BCUT2D eigenvalue weighted by molar-refractivity contribution is -0.895. The average Bonchev–Trinajstić information content (AvgIpc) is 2.73. The van der Waals surface area contributed by atoms with E-state index in [1.54, 1.807) is 5.57 Å². The highest BCUT2D eigenvalue weighted by Gasteiger charge is 2.54. The first-order chi connectivity index (χ1) is 6.08. The van der Waals surface area contributed by atoms with Crippen molar-refractivity contribution in [1.82, 2.24) is 0 Å². The zero-order valence-corrected chi connectivity index (χ0v) is 9.27. The van der Waals surface area contributed by atoms with Crippen LogP contribution in [0.1, 0.15) is 33.1 Å². The highest BCUT2D eigenvalue weighted by molar-refractivity contribution is 5.00. The number of quaternary nitrogens is 1. The summed E-state index contributed by atoms with van der Waals surface area (Å²) in [5, 5.41) is 0. The van der Waals surface area contributed by atoms with Gasteiger partial charge in [0, 0.05) is 11.8 Å². The first-order valence-corrected chi connectivity index (χ1v) is 5.53. The van der Waals surface area contributed by atoms with Crippen LogP contribution in [0.25, 0.3) is 0 Å². The molecule has 0 aromatic rings. The van der Waals surface area contributed by atoms with Gasteiger partial charge in [0.2, 0.25) is 0 Å². The highest BCUT2D eigenvalue weighted by atomic mass is 15.4. The molecule has 0 aromatic carbocycles. The number of likely N-dealkylation sites (tertiary alicyclic amines) is 1. The topological polar surface area (TPSA) is 0 Å². The largest absolute Gasteiger partial charge is 0.322 e. The minimum atomic E-state index is 0.808. The Labute approximate surface area is 82.0 Å². The number of nitrogens with zero attached hydrogens (tertiary/aromatic N) is 1. The fraction of sp³-hybridized carbons (Fsp3) is 0.833. The monoisotopic (exact) mass is 180 g/mol. The molecule has 74 valence electrons. The third-order valence-corrected chi connectivity index (χ3v) is 3.98. The molecule has 1 aliphatic carbocycles. The highest BCUT2D eigenvalue weighted by Crippen LogP contribution is 2.54.